The highest BCUT2D eigenvalue weighted by atomic mass is 16.2. The lowest BCUT2D eigenvalue weighted by atomic mass is 9.80. The van der Waals surface area contributed by atoms with Crippen LogP contribution < -0.4 is 11.1 Å². The summed E-state index contributed by atoms with van der Waals surface area (Å²) in [6, 6.07) is -0.482. The van der Waals surface area contributed by atoms with Gasteiger partial charge in [-0.15, -0.1) is 0 Å². The van der Waals surface area contributed by atoms with Crippen molar-refractivity contribution in [3.63, 3.8) is 0 Å². The van der Waals surface area contributed by atoms with Crippen LogP contribution in [0.5, 0.6) is 0 Å². The lowest BCUT2D eigenvalue weighted by molar-refractivity contribution is -0.135. The molecule has 0 radical (unpaired) electrons. The Hall–Kier alpha value is -1.10. The van der Waals surface area contributed by atoms with Gasteiger partial charge in [0, 0.05) is 25.6 Å². The number of nitrogens with zero attached hydrogens (tertiary/aromatic N) is 1. The van der Waals surface area contributed by atoms with Crippen LogP contribution in [-0.4, -0.2) is 41.9 Å². The Balaban J connectivity index is 2.44. The first-order valence-corrected chi connectivity index (χ1v) is 7.21. The van der Waals surface area contributed by atoms with E-state index >= 15 is 0 Å². The summed E-state index contributed by atoms with van der Waals surface area (Å²) in [6.45, 7) is 4.26. The van der Waals surface area contributed by atoms with Crippen LogP contribution in [-0.2, 0) is 9.59 Å². The van der Waals surface area contributed by atoms with E-state index in [0.717, 1.165) is 25.7 Å². The second-order valence-corrected chi connectivity index (χ2v) is 5.74. The zero-order valence-corrected chi connectivity index (χ0v) is 12.4. The van der Waals surface area contributed by atoms with Gasteiger partial charge in [0.2, 0.25) is 11.8 Å². The lowest BCUT2D eigenvalue weighted by Crippen LogP contribution is -2.50. The van der Waals surface area contributed by atoms with Gasteiger partial charge in [-0.2, -0.15) is 0 Å². The number of carbonyl (C=O) groups is 2. The maximum Gasteiger partial charge on any atom is 0.244 e. The molecule has 5 nitrogen and oxygen atoms in total. The molecule has 0 aliphatic heterocycles. The fourth-order valence-electron chi connectivity index (χ4n) is 2.59. The molecule has 19 heavy (non-hydrogen) atoms. The molecule has 0 aromatic rings. The van der Waals surface area contributed by atoms with E-state index in [4.69, 9.17) is 5.73 Å². The van der Waals surface area contributed by atoms with Crippen molar-refractivity contribution in [3.8, 4) is 0 Å². The molecule has 110 valence electrons. The van der Waals surface area contributed by atoms with Crippen molar-refractivity contribution in [2.45, 2.75) is 64.0 Å². The van der Waals surface area contributed by atoms with Gasteiger partial charge in [-0.05, 0) is 26.7 Å². The molecule has 1 saturated carbocycles. The summed E-state index contributed by atoms with van der Waals surface area (Å²) in [6.07, 6.45) is 5.51. The van der Waals surface area contributed by atoms with Crippen LogP contribution in [0.25, 0.3) is 0 Å². The van der Waals surface area contributed by atoms with Gasteiger partial charge in [-0.1, -0.05) is 19.3 Å². The molecule has 0 heterocycles. The van der Waals surface area contributed by atoms with Crippen molar-refractivity contribution in [3.05, 3.63) is 0 Å². The largest absolute Gasteiger partial charge is 0.345 e. The molecule has 1 unspecified atom stereocenters. The van der Waals surface area contributed by atoms with E-state index in [2.05, 4.69) is 5.32 Å². The first-order chi connectivity index (χ1) is 8.88. The molecular formula is C14H27N3O2. The average molecular weight is 269 g/mol. The predicted octanol–water partition coefficient (Wildman–Crippen LogP) is 1.02. The van der Waals surface area contributed by atoms with Crippen LogP contribution in [0.3, 0.4) is 0 Å². The van der Waals surface area contributed by atoms with Crippen LogP contribution in [0.15, 0.2) is 0 Å². The van der Waals surface area contributed by atoms with Gasteiger partial charge in [0.05, 0.1) is 0 Å². The lowest BCUT2D eigenvalue weighted by Gasteiger charge is -2.33. The number of nitrogens with two attached hydrogens (primary N) is 1. The standard InChI is InChI=1S/C14H27N3O2/c1-4-17(3)13(19)11(2)16-12(18)10-14(15)8-6-5-7-9-14/h11H,4-10,15H2,1-3H3,(H,16,18). The van der Waals surface area contributed by atoms with E-state index in [1.54, 1.807) is 18.9 Å². The molecule has 0 saturated heterocycles. The van der Waals surface area contributed by atoms with E-state index in [0.29, 0.717) is 13.0 Å². The van der Waals surface area contributed by atoms with Crippen LogP contribution >= 0.6 is 0 Å². The summed E-state index contributed by atoms with van der Waals surface area (Å²) in [5, 5.41) is 2.76. The van der Waals surface area contributed by atoms with Gasteiger partial charge in [0.25, 0.3) is 0 Å². The topological polar surface area (TPSA) is 75.4 Å². The van der Waals surface area contributed by atoms with Gasteiger partial charge in [-0.3, -0.25) is 9.59 Å². The molecule has 2 amide bonds. The fourth-order valence-corrected chi connectivity index (χ4v) is 2.59. The summed E-state index contributed by atoms with van der Waals surface area (Å²) in [4.78, 5) is 25.4. The maximum atomic E-state index is 12.0. The number of nitrogens with one attached hydrogen (secondary N) is 1. The van der Waals surface area contributed by atoms with Gasteiger partial charge >= 0.3 is 0 Å². The van der Waals surface area contributed by atoms with Gasteiger partial charge in [0.15, 0.2) is 0 Å². The SMILES string of the molecule is CCN(C)C(=O)C(C)NC(=O)CC1(N)CCCCC1. The Morgan fingerprint density at radius 2 is 1.89 bits per heavy atom. The molecule has 1 fully saturated rings. The van der Waals surface area contributed by atoms with Crippen LogP contribution in [0.1, 0.15) is 52.4 Å². The Kier molecular flexibility index (Phi) is 5.79. The number of hydrogen-bond donors (Lipinski definition) is 2. The summed E-state index contributed by atoms with van der Waals surface area (Å²) < 4.78 is 0. The number of carbonyl (C=O) groups excluding carboxylic acids is 2. The van der Waals surface area contributed by atoms with Crippen molar-refractivity contribution in [2.24, 2.45) is 5.73 Å². The number of amides is 2. The molecule has 0 bridgehead atoms. The third-order valence-corrected chi connectivity index (χ3v) is 3.96. The van der Waals surface area contributed by atoms with Crippen LogP contribution in [0, 0.1) is 0 Å². The van der Waals surface area contributed by atoms with Crippen LogP contribution in [0.2, 0.25) is 0 Å². The number of hydrogen-bond acceptors (Lipinski definition) is 3. The average Bonchev–Trinajstić information content (AvgIpc) is 2.36. The second-order valence-electron chi connectivity index (χ2n) is 5.74. The molecule has 1 rings (SSSR count). The van der Waals surface area contributed by atoms with Crippen molar-refractivity contribution < 1.29 is 9.59 Å². The monoisotopic (exact) mass is 269 g/mol. The predicted molar refractivity (Wildman–Crippen MR) is 75.5 cm³/mol. The molecule has 3 N–H and O–H groups in total. The molecular weight excluding hydrogens is 242 g/mol. The Labute approximate surface area is 115 Å². The van der Waals surface area contributed by atoms with E-state index in [1.165, 1.54) is 6.42 Å². The highest BCUT2D eigenvalue weighted by Gasteiger charge is 2.31. The normalized spacial score (nSPS) is 19.6. The highest BCUT2D eigenvalue weighted by molar-refractivity contribution is 5.87. The van der Waals surface area contributed by atoms with Crippen molar-refractivity contribution in [2.75, 3.05) is 13.6 Å². The molecule has 0 aromatic carbocycles. The van der Waals surface area contributed by atoms with Crippen molar-refractivity contribution in [1.29, 1.82) is 0 Å². The summed E-state index contributed by atoms with van der Waals surface area (Å²) in [5.41, 5.74) is 5.87. The third-order valence-electron chi connectivity index (χ3n) is 3.96. The number of likely N-dealkylation sites (N-methyl/N-ethyl adjacent to an activating group) is 1. The third kappa shape index (κ3) is 4.82. The minimum absolute atomic E-state index is 0.0643. The maximum absolute atomic E-state index is 12.0. The fraction of sp³-hybridized carbons (Fsp3) is 0.857. The molecule has 0 spiro atoms. The van der Waals surface area contributed by atoms with E-state index in [9.17, 15) is 9.59 Å². The summed E-state index contributed by atoms with van der Waals surface area (Å²) in [5.74, 6) is -0.180. The first-order valence-electron chi connectivity index (χ1n) is 7.21. The molecule has 0 aromatic heterocycles. The van der Waals surface area contributed by atoms with Gasteiger partial charge in [0.1, 0.15) is 6.04 Å². The Morgan fingerprint density at radius 3 is 2.42 bits per heavy atom. The zero-order valence-electron chi connectivity index (χ0n) is 12.4. The molecule has 1 aliphatic carbocycles. The quantitative estimate of drug-likeness (QED) is 0.782. The number of rotatable bonds is 5. The smallest absolute Gasteiger partial charge is 0.244 e. The highest BCUT2D eigenvalue weighted by Crippen LogP contribution is 2.28. The molecule has 5 heteroatoms. The summed E-state index contributed by atoms with van der Waals surface area (Å²) in [7, 11) is 1.73. The Morgan fingerprint density at radius 1 is 1.32 bits per heavy atom. The van der Waals surface area contributed by atoms with E-state index < -0.39 is 6.04 Å². The molecule has 1 aliphatic rings. The van der Waals surface area contributed by atoms with Crippen molar-refractivity contribution in [1.82, 2.24) is 10.2 Å². The van der Waals surface area contributed by atoms with E-state index in [-0.39, 0.29) is 17.4 Å². The van der Waals surface area contributed by atoms with Gasteiger partial charge < -0.3 is 16.0 Å². The minimum atomic E-state index is -0.482. The zero-order chi connectivity index (χ0) is 14.5. The Bertz CT molecular complexity index is 325. The van der Waals surface area contributed by atoms with Crippen LogP contribution in [0.4, 0.5) is 0 Å². The molecule has 1 atom stereocenters. The van der Waals surface area contributed by atoms with Gasteiger partial charge in [-0.25, -0.2) is 0 Å². The first kappa shape index (κ1) is 16.0. The second kappa shape index (κ2) is 6.89. The van der Waals surface area contributed by atoms with Crippen molar-refractivity contribution >= 4 is 11.8 Å². The minimum Gasteiger partial charge on any atom is -0.345 e. The summed E-state index contributed by atoms with van der Waals surface area (Å²) >= 11 is 0. The van der Waals surface area contributed by atoms with E-state index in [1.807, 2.05) is 6.92 Å².